The molecule has 0 heterocycles. The van der Waals surface area contributed by atoms with Crippen LogP contribution in [-0.2, 0) is 0 Å². The van der Waals surface area contributed by atoms with Gasteiger partial charge in [0, 0.05) is 5.56 Å². The van der Waals surface area contributed by atoms with Crippen LogP contribution in [0.1, 0.15) is 29.8 Å². The molecule has 0 aliphatic carbocycles. The Morgan fingerprint density at radius 3 is 2.39 bits per heavy atom. The highest BCUT2D eigenvalue weighted by molar-refractivity contribution is 6.04. The highest BCUT2D eigenvalue weighted by Crippen LogP contribution is 2.06. The van der Waals surface area contributed by atoms with Crippen LogP contribution in [-0.4, -0.2) is 5.78 Å². The van der Waals surface area contributed by atoms with Crippen LogP contribution in [0.3, 0.4) is 0 Å². The number of allylic oxidation sites excluding steroid dienone is 6. The minimum absolute atomic E-state index is 0.0567. The molecule has 0 aliphatic rings. The van der Waals surface area contributed by atoms with Crippen molar-refractivity contribution in [3.8, 4) is 0 Å². The average molecular weight is 240 g/mol. The molecule has 1 nitrogen and oxygen atoms in total. The van der Waals surface area contributed by atoms with E-state index in [1.807, 2.05) is 62.4 Å². The second kappa shape index (κ2) is 7.44. The maximum absolute atomic E-state index is 11.9. The van der Waals surface area contributed by atoms with E-state index in [1.165, 1.54) is 0 Å². The molecule has 1 heteroatoms. The first-order chi connectivity index (χ1) is 8.63. The SMILES string of the molecule is C/C=C\C=C/C(C)/C=C/C(=O)c1ccc(C)cc1. The number of hydrogen-bond donors (Lipinski definition) is 0. The first-order valence-electron chi connectivity index (χ1n) is 6.22. The van der Waals surface area contributed by atoms with Crippen molar-refractivity contribution in [3.63, 3.8) is 0 Å². The Hall–Kier alpha value is -1.89. The monoisotopic (exact) mass is 240 g/mol. The molecular formula is C17H20O. The highest BCUT2D eigenvalue weighted by atomic mass is 16.1. The van der Waals surface area contributed by atoms with E-state index in [0.717, 1.165) is 11.1 Å². The predicted molar refractivity (Wildman–Crippen MR) is 77.8 cm³/mol. The zero-order chi connectivity index (χ0) is 13.4. The summed E-state index contributed by atoms with van der Waals surface area (Å²) in [6.45, 7) is 6.04. The Morgan fingerprint density at radius 2 is 1.78 bits per heavy atom. The van der Waals surface area contributed by atoms with E-state index in [2.05, 4.69) is 13.0 Å². The molecule has 0 bridgehead atoms. The Kier molecular flexibility index (Phi) is 5.86. The Bertz CT molecular complexity index is 461. The van der Waals surface area contributed by atoms with Crippen molar-refractivity contribution in [3.05, 3.63) is 71.8 Å². The maximum atomic E-state index is 11.9. The quantitative estimate of drug-likeness (QED) is 0.420. The molecule has 0 aliphatic heterocycles. The van der Waals surface area contributed by atoms with Crippen LogP contribution in [0.4, 0.5) is 0 Å². The molecule has 0 spiro atoms. The number of hydrogen-bond acceptors (Lipinski definition) is 1. The minimum Gasteiger partial charge on any atom is -0.289 e. The van der Waals surface area contributed by atoms with Crippen LogP contribution < -0.4 is 0 Å². The van der Waals surface area contributed by atoms with Gasteiger partial charge < -0.3 is 0 Å². The molecule has 1 atom stereocenters. The molecule has 1 aromatic rings. The third-order valence-corrected chi connectivity index (χ3v) is 2.61. The Balaban J connectivity index is 2.61. The zero-order valence-corrected chi connectivity index (χ0v) is 11.3. The molecule has 0 aromatic heterocycles. The van der Waals surface area contributed by atoms with E-state index in [9.17, 15) is 4.79 Å². The summed E-state index contributed by atoms with van der Waals surface area (Å²) < 4.78 is 0. The number of rotatable bonds is 5. The van der Waals surface area contributed by atoms with Crippen molar-refractivity contribution >= 4 is 5.78 Å². The third kappa shape index (κ3) is 4.96. The van der Waals surface area contributed by atoms with E-state index < -0.39 is 0 Å². The lowest BCUT2D eigenvalue weighted by Crippen LogP contribution is -1.95. The van der Waals surface area contributed by atoms with Crippen molar-refractivity contribution in [2.75, 3.05) is 0 Å². The molecular weight excluding hydrogens is 220 g/mol. The van der Waals surface area contributed by atoms with Crippen LogP contribution in [0, 0.1) is 12.8 Å². The van der Waals surface area contributed by atoms with Crippen LogP contribution >= 0.6 is 0 Å². The second-order valence-corrected chi connectivity index (χ2v) is 4.36. The smallest absolute Gasteiger partial charge is 0.185 e. The molecule has 0 fully saturated rings. The van der Waals surface area contributed by atoms with Gasteiger partial charge in [-0.05, 0) is 25.8 Å². The molecule has 0 amide bonds. The molecule has 0 N–H and O–H groups in total. The lowest BCUT2D eigenvalue weighted by Gasteiger charge is -1.98. The Labute approximate surface area is 110 Å². The molecule has 94 valence electrons. The number of aryl methyl sites for hydroxylation is 1. The zero-order valence-electron chi connectivity index (χ0n) is 11.3. The fourth-order valence-corrected chi connectivity index (χ4v) is 1.47. The summed E-state index contributed by atoms with van der Waals surface area (Å²) in [6.07, 6.45) is 11.6. The van der Waals surface area contributed by atoms with Crippen molar-refractivity contribution in [2.24, 2.45) is 5.92 Å². The summed E-state index contributed by atoms with van der Waals surface area (Å²) in [5.74, 6) is 0.317. The van der Waals surface area contributed by atoms with Crippen molar-refractivity contribution < 1.29 is 4.79 Å². The van der Waals surface area contributed by atoms with Crippen molar-refractivity contribution in [1.82, 2.24) is 0 Å². The van der Waals surface area contributed by atoms with Gasteiger partial charge in [-0.3, -0.25) is 4.79 Å². The molecule has 0 saturated carbocycles. The molecule has 1 rings (SSSR count). The highest BCUT2D eigenvalue weighted by Gasteiger charge is 2.00. The van der Waals surface area contributed by atoms with Crippen LogP contribution in [0.5, 0.6) is 0 Å². The van der Waals surface area contributed by atoms with Gasteiger partial charge in [-0.25, -0.2) is 0 Å². The molecule has 0 saturated heterocycles. The Morgan fingerprint density at radius 1 is 1.11 bits per heavy atom. The summed E-state index contributed by atoms with van der Waals surface area (Å²) in [4.78, 5) is 11.9. The third-order valence-electron chi connectivity index (χ3n) is 2.61. The molecule has 1 unspecified atom stereocenters. The molecule has 0 radical (unpaired) electrons. The second-order valence-electron chi connectivity index (χ2n) is 4.36. The maximum Gasteiger partial charge on any atom is 0.185 e. The predicted octanol–water partition coefficient (Wildman–Crippen LogP) is 4.50. The van der Waals surface area contributed by atoms with Gasteiger partial charge in [0.05, 0.1) is 0 Å². The van der Waals surface area contributed by atoms with Crippen LogP contribution in [0.15, 0.2) is 60.7 Å². The first-order valence-corrected chi connectivity index (χ1v) is 6.22. The fourth-order valence-electron chi connectivity index (χ4n) is 1.47. The molecule has 18 heavy (non-hydrogen) atoms. The summed E-state index contributed by atoms with van der Waals surface area (Å²) in [7, 11) is 0. The summed E-state index contributed by atoms with van der Waals surface area (Å²) in [6, 6.07) is 7.64. The number of benzene rings is 1. The number of carbonyl (C=O) groups excluding carboxylic acids is 1. The molecule has 1 aromatic carbocycles. The first kappa shape index (κ1) is 14.2. The van der Waals surface area contributed by atoms with Crippen molar-refractivity contribution in [2.45, 2.75) is 20.8 Å². The summed E-state index contributed by atoms with van der Waals surface area (Å²) in [5, 5.41) is 0. The lowest BCUT2D eigenvalue weighted by molar-refractivity contribution is 0.104. The van der Waals surface area contributed by atoms with E-state index in [1.54, 1.807) is 6.08 Å². The van der Waals surface area contributed by atoms with Gasteiger partial charge in [-0.2, -0.15) is 0 Å². The van der Waals surface area contributed by atoms with Gasteiger partial charge in [0.25, 0.3) is 0 Å². The van der Waals surface area contributed by atoms with E-state index in [-0.39, 0.29) is 11.7 Å². The minimum atomic E-state index is 0.0567. The van der Waals surface area contributed by atoms with Crippen LogP contribution in [0.25, 0.3) is 0 Å². The number of carbonyl (C=O) groups is 1. The van der Waals surface area contributed by atoms with Gasteiger partial charge in [-0.1, -0.05) is 67.1 Å². The van der Waals surface area contributed by atoms with Gasteiger partial charge in [0.2, 0.25) is 0 Å². The largest absolute Gasteiger partial charge is 0.289 e. The van der Waals surface area contributed by atoms with Gasteiger partial charge >= 0.3 is 0 Å². The lowest BCUT2D eigenvalue weighted by atomic mass is 10.1. The summed E-state index contributed by atoms with van der Waals surface area (Å²) in [5.41, 5.74) is 1.90. The van der Waals surface area contributed by atoms with Gasteiger partial charge in [0.15, 0.2) is 5.78 Å². The normalized spacial score (nSPS) is 13.7. The van der Waals surface area contributed by atoms with Crippen LogP contribution in [0.2, 0.25) is 0 Å². The van der Waals surface area contributed by atoms with Crippen molar-refractivity contribution in [1.29, 1.82) is 0 Å². The van der Waals surface area contributed by atoms with Gasteiger partial charge in [0.1, 0.15) is 0 Å². The van der Waals surface area contributed by atoms with E-state index >= 15 is 0 Å². The fraction of sp³-hybridized carbons (Fsp3) is 0.235. The standard InChI is InChI=1S/C17H20O/c1-4-5-6-7-14(2)10-13-17(18)16-11-8-15(3)9-12-16/h4-14H,1-3H3/b5-4-,7-6-,13-10+. The van der Waals surface area contributed by atoms with E-state index in [0.29, 0.717) is 0 Å². The van der Waals surface area contributed by atoms with Gasteiger partial charge in [-0.15, -0.1) is 0 Å². The average Bonchev–Trinajstić information content (AvgIpc) is 2.37. The summed E-state index contributed by atoms with van der Waals surface area (Å²) >= 11 is 0. The van der Waals surface area contributed by atoms with E-state index in [4.69, 9.17) is 0 Å². The topological polar surface area (TPSA) is 17.1 Å². The number of ketones is 1.